The number of allylic oxidation sites excluding steroid dienone is 2. The van der Waals surface area contributed by atoms with Gasteiger partial charge in [-0.25, -0.2) is 0 Å². The van der Waals surface area contributed by atoms with E-state index in [-0.39, 0.29) is 12.2 Å². The third-order valence-electron chi connectivity index (χ3n) is 0.461. The molecule has 0 fully saturated rings. The van der Waals surface area contributed by atoms with Crippen molar-refractivity contribution in [3.05, 3.63) is 12.2 Å². The number of hydrogen-bond acceptors (Lipinski definition) is 0. The van der Waals surface area contributed by atoms with E-state index in [9.17, 15) is 17.6 Å². The highest BCUT2D eigenvalue weighted by Crippen LogP contribution is 2.28. The fourth-order valence-corrected chi connectivity index (χ4v) is 0.453. The molecule has 0 N–H and O–H groups in total. The van der Waals surface area contributed by atoms with Crippen molar-refractivity contribution in [2.45, 2.75) is 9.66 Å². The third kappa shape index (κ3) is 8.42. The largest absolute Gasteiger partial charge is 0.320 e. The van der Waals surface area contributed by atoms with Crippen molar-refractivity contribution in [3.8, 4) is 0 Å². The SMILES string of the molecule is FC(F)(Br)C=CC(F)(F)Br. The van der Waals surface area contributed by atoms with Crippen molar-refractivity contribution in [2.75, 3.05) is 0 Å². The van der Waals surface area contributed by atoms with Crippen molar-refractivity contribution < 1.29 is 17.6 Å². The Morgan fingerprint density at radius 2 is 1.00 bits per heavy atom. The lowest BCUT2D eigenvalue weighted by molar-refractivity contribution is 0.151. The highest BCUT2D eigenvalue weighted by molar-refractivity contribution is 9.10. The van der Waals surface area contributed by atoms with Gasteiger partial charge in [-0.05, 0) is 44.0 Å². The first-order chi connectivity index (χ1) is 4.21. The van der Waals surface area contributed by atoms with Crippen LogP contribution < -0.4 is 0 Å². The summed E-state index contributed by atoms with van der Waals surface area (Å²) in [5.74, 6) is 0. The Hall–Kier alpha value is 0.420. The van der Waals surface area contributed by atoms with Gasteiger partial charge in [0.2, 0.25) is 0 Å². The van der Waals surface area contributed by atoms with E-state index < -0.39 is 9.66 Å². The quantitative estimate of drug-likeness (QED) is 0.414. The van der Waals surface area contributed by atoms with Crippen molar-refractivity contribution in [1.82, 2.24) is 0 Å². The Balaban J connectivity index is 4.01. The molecule has 0 saturated carbocycles. The molecule has 0 aliphatic rings. The zero-order valence-electron chi connectivity index (χ0n) is 4.42. The predicted molar refractivity (Wildman–Crippen MR) is 36.9 cm³/mol. The van der Waals surface area contributed by atoms with E-state index >= 15 is 0 Å². The second-order valence-corrected chi connectivity index (χ2v) is 3.53. The minimum Gasteiger partial charge on any atom is -0.189 e. The summed E-state index contributed by atoms with van der Waals surface area (Å²) in [6, 6.07) is 0. The Labute approximate surface area is 71.5 Å². The highest BCUT2D eigenvalue weighted by atomic mass is 79.9. The molecule has 0 atom stereocenters. The average molecular weight is 286 g/mol. The topological polar surface area (TPSA) is 0 Å². The second-order valence-electron chi connectivity index (χ2n) is 1.42. The van der Waals surface area contributed by atoms with E-state index in [2.05, 4.69) is 0 Å². The van der Waals surface area contributed by atoms with Gasteiger partial charge < -0.3 is 0 Å². The zero-order chi connectivity index (χ0) is 8.41. The highest BCUT2D eigenvalue weighted by Gasteiger charge is 2.25. The average Bonchev–Trinajstić information content (AvgIpc) is 1.57. The summed E-state index contributed by atoms with van der Waals surface area (Å²) in [5, 5.41) is 0. The molecule has 10 heavy (non-hydrogen) atoms. The Morgan fingerprint density at radius 3 is 1.10 bits per heavy atom. The van der Waals surface area contributed by atoms with Gasteiger partial charge in [-0.2, -0.15) is 17.6 Å². The number of halogens is 6. The molecule has 0 unspecified atom stereocenters. The molecule has 0 rings (SSSR count). The summed E-state index contributed by atoms with van der Waals surface area (Å²) in [4.78, 5) is -6.74. The summed E-state index contributed by atoms with van der Waals surface area (Å²) in [7, 11) is 0. The minimum absolute atomic E-state index is 0.0573. The number of alkyl halides is 6. The molecule has 0 aromatic rings. The summed E-state index contributed by atoms with van der Waals surface area (Å²) in [6.45, 7) is 0. The van der Waals surface area contributed by atoms with Crippen LogP contribution in [-0.4, -0.2) is 9.66 Å². The summed E-state index contributed by atoms with van der Waals surface area (Å²) < 4.78 is 46.9. The van der Waals surface area contributed by atoms with Gasteiger partial charge in [-0.1, -0.05) is 0 Å². The molecular weight excluding hydrogens is 284 g/mol. The normalized spacial score (nSPS) is 14.6. The van der Waals surface area contributed by atoms with Crippen molar-refractivity contribution in [1.29, 1.82) is 0 Å². The van der Waals surface area contributed by atoms with E-state index in [0.717, 1.165) is 0 Å². The maximum atomic E-state index is 11.7. The van der Waals surface area contributed by atoms with Gasteiger partial charge in [0.1, 0.15) is 0 Å². The maximum Gasteiger partial charge on any atom is 0.320 e. The Bertz CT molecular complexity index is 115. The predicted octanol–water partition coefficient (Wildman–Crippen LogP) is 3.52. The van der Waals surface area contributed by atoms with Gasteiger partial charge >= 0.3 is 9.66 Å². The van der Waals surface area contributed by atoms with Crippen LogP contribution in [0.4, 0.5) is 17.6 Å². The smallest absolute Gasteiger partial charge is 0.189 e. The van der Waals surface area contributed by atoms with Crippen LogP contribution in [0.25, 0.3) is 0 Å². The second kappa shape index (κ2) is 3.21. The van der Waals surface area contributed by atoms with Gasteiger partial charge in [0, 0.05) is 0 Å². The standard InChI is InChI=1S/C4H2Br2F4/c5-3(7,8)1-2-4(6,9)10/h1-2H. The molecular formula is C4H2Br2F4. The molecule has 0 heterocycles. The lowest BCUT2D eigenvalue weighted by Gasteiger charge is -2.02. The number of rotatable bonds is 2. The first-order valence-electron chi connectivity index (χ1n) is 2.04. The van der Waals surface area contributed by atoms with Crippen LogP contribution in [0.15, 0.2) is 12.2 Å². The Kier molecular flexibility index (Phi) is 3.35. The first-order valence-corrected chi connectivity index (χ1v) is 3.63. The van der Waals surface area contributed by atoms with Gasteiger partial charge in [0.05, 0.1) is 0 Å². The first kappa shape index (κ1) is 10.4. The molecule has 0 spiro atoms. The van der Waals surface area contributed by atoms with E-state index in [1.165, 1.54) is 0 Å². The minimum atomic E-state index is -3.37. The molecule has 0 aromatic heterocycles. The Morgan fingerprint density at radius 1 is 0.800 bits per heavy atom. The van der Waals surface area contributed by atoms with Crippen LogP contribution in [0.2, 0.25) is 0 Å². The monoisotopic (exact) mass is 284 g/mol. The van der Waals surface area contributed by atoms with Crippen molar-refractivity contribution in [3.63, 3.8) is 0 Å². The molecule has 0 aliphatic carbocycles. The zero-order valence-corrected chi connectivity index (χ0v) is 7.59. The van der Waals surface area contributed by atoms with Crippen LogP contribution in [0.1, 0.15) is 0 Å². The third-order valence-corrected chi connectivity index (χ3v) is 0.990. The lowest BCUT2D eigenvalue weighted by Crippen LogP contribution is -2.04. The van der Waals surface area contributed by atoms with Crippen LogP contribution in [0.5, 0.6) is 0 Å². The fraction of sp³-hybridized carbons (Fsp3) is 0.500. The number of hydrogen-bond donors (Lipinski definition) is 0. The van der Waals surface area contributed by atoms with Crippen LogP contribution in [-0.2, 0) is 0 Å². The molecule has 6 heteroatoms. The van der Waals surface area contributed by atoms with E-state index in [1.54, 1.807) is 0 Å². The molecule has 0 radical (unpaired) electrons. The molecule has 0 aliphatic heterocycles. The molecule has 0 amide bonds. The maximum absolute atomic E-state index is 11.7. The van der Waals surface area contributed by atoms with Crippen LogP contribution >= 0.6 is 31.9 Å². The summed E-state index contributed by atoms with van der Waals surface area (Å²) in [6.07, 6.45) is 0.115. The van der Waals surface area contributed by atoms with Crippen LogP contribution in [0.3, 0.4) is 0 Å². The fourth-order valence-electron chi connectivity index (χ4n) is 0.189. The van der Waals surface area contributed by atoms with Gasteiger partial charge in [-0.3, -0.25) is 0 Å². The molecule has 0 bridgehead atoms. The molecule has 0 nitrogen and oxygen atoms in total. The summed E-state index contributed by atoms with van der Waals surface area (Å²) >= 11 is 3.71. The lowest BCUT2D eigenvalue weighted by atomic mass is 10.5. The van der Waals surface area contributed by atoms with Gasteiger partial charge in [0.25, 0.3) is 0 Å². The molecule has 60 valence electrons. The van der Waals surface area contributed by atoms with Crippen molar-refractivity contribution >= 4 is 31.9 Å². The molecule has 0 saturated heterocycles. The van der Waals surface area contributed by atoms with E-state index in [1.807, 2.05) is 31.9 Å². The van der Waals surface area contributed by atoms with Gasteiger partial charge in [-0.15, -0.1) is 0 Å². The van der Waals surface area contributed by atoms with Gasteiger partial charge in [0.15, 0.2) is 0 Å². The molecule has 0 aromatic carbocycles. The summed E-state index contributed by atoms with van der Waals surface area (Å²) in [5.41, 5.74) is 0. The van der Waals surface area contributed by atoms with E-state index in [0.29, 0.717) is 0 Å². The van der Waals surface area contributed by atoms with E-state index in [4.69, 9.17) is 0 Å². The van der Waals surface area contributed by atoms with Crippen molar-refractivity contribution in [2.24, 2.45) is 0 Å². The van der Waals surface area contributed by atoms with Crippen LogP contribution in [0, 0.1) is 0 Å².